The van der Waals surface area contributed by atoms with Crippen molar-refractivity contribution in [3.63, 3.8) is 0 Å². The third kappa shape index (κ3) is 4.99. The highest BCUT2D eigenvalue weighted by Crippen LogP contribution is 2.40. The average molecular weight is 367 g/mol. The zero-order valence-electron chi connectivity index (χ0n) is 16.3. The number of hydrogen-bond acceptors (Lipinski definition) is 4. The summed E-state index contributed by atoms with van der Waals surface area (Å²) in [5.41, 5.74) is 0. The fourth-order valence-corrected chi connectivity index (χ4v) is 11.9. The van der Waals surface area contributed by atoms with E-state index in [1.54, 1.807) is 13.1 Å². The van der Waals surface area contributed by atoms with Crippen molar-refractivity contribution < 1.29 is 18.4 Å². The van der Waals surface area contributed by atoms with Crippen LogP contribution < -0.4 is 0 Å². The van der Waals surface area contributed by atoms with Crippen LogP contribution in [0.15, 0.2) is 0 Å². The van der Waals surface area contributed by atoms with E-state index < -0.39 is 35.6 Å². The topological polar surface area (TPSA) is 58.9 Å². The third-order valence-electron chi connectivity index (χ3n) is 5.13. The highest BCUT2D eigenvalue weighted by Gasteiger charge is 2.55. The van der Waals surface area contributed by atoms with Crippen LogP contribution in [-0.2, 0) is 8.85 Å². The summed E-state index contributed by atoms with van der Waals surface area (Å²) in [6.45, 7) is 20.1. The molecule has 0 aromatic heterocycles. The van der Waals surface area contributed by atoms with Crippen molar-refractivity contribution in [1.82, 2.24) is 0 Å². The molecule has 0 radical (unpaired) electrons. The Morgan fingerprint density at radius 3 is 1.41 bits per heavy atom. The van der Waals surface area contributed by atoms with Gasteiger partial charge in [0.2, 0.25) is 16.6 Å². The van der Waals surface area contributed by atoms with Gasteiger partial charge in [-0.2, -0.15) is 0 Å². The van der Waals surface area contributed by atoms with Gasteiger partial charge in [0.25, 0.3) is 0 Å². The molecule has 0 saturated carbocycles. The lowest BCUT2D eigenvalue weighted by atomic mass is 10.2. The summed E-state index contributed by atoms with van der Waals surface area (Å²) >= 11 is 0. The van der Waals surface area contributed by atoms with Crippen LogP contribution in [0.1, 0.15) is 47.0 Å². The van der Waals surface area contributed by atoms with Crippen molar-refractivity contribution >= 4 is 25.2 Å². The van der Waals surface area contributed by atoms with Crippen LogP contribution >= 0.6 is 0 Å². The van der Waals surface area contributed by atoms with Gasteiger partial charge in [-0.15, -0.1) is 0 Å². The molecule has 0 aromatic rings. The predicted molar refractivity (Wildman–Crippen MR) is 101 cm³/mol. The van der Waals surface area contributed by atoms with E-state index in [2.05, 4.69) is 33.9 Å². The van der Waals surface area contributed by atoms with E-state index in [9.17, 15) is 9.59 Å². The third-order valence-corrected chi connectivity index (χ3v) is 13.4. The van der Waals surface area contributed by atoms with Crippen molar-refractivity contribution in [2.45, 2.75) is 96.7 Å². The fraction of sp³-hybridized carbons (Fsp3) is 1.00. The summed E-state index contributed by atoms with van der Waals surface area (Å²) in [5, 5.41) is -0.920. The summed E-state index contributed by atoms with van der Waals surface area (Å²) < 4.78 is 12.9. The van der Waals surface area contributed by atoms with Gasteiger partial charge in [-0.3, -0.25) is 0 Å². The minimum Gasteiger partial charge on any atom is -0.429 e. The molecule has 0 unspecified atom stereocenters. The minimum absolute atomic E-state index is 0.423. The normalized spacial score (nSPS) is 17.5. The quantitative estimate of drug-likeness (QED) is 0.607. The second-order valence-corrected chi connectivity index (χ2v) is 19.4. The van der Waals surface area contributed by atoms with Crippen LogP contribution in [-0.4, -0.2) is 45.2 Å². The van der Waals surface area contributed by atoms with E-state index in [1.165, 1.54) is 0 Å². The lowest BCUT2D eigenvalue weighted by molar-refractivity contribution is 0.0426. The molecule has 1 atom stereocenters. The Hall–Kier alpha value is 0.491. The standard InChI is InChI=1S/C15H38O4Si3/c1-11-14(4,20(5,6)16)18-21(7,8)15(12-2,13-3)19-22(9,10)17/h16-17H,11-13H2,1-10H3/t14-/m0/s1. The Kier molecular flexibility index (Phi) is 7.32. The first-order valence-electron chi connectivity index (χ1n) is 8.45. The Bertz CT molecular complexity index is 357. The molecule has 0 amide bonds. The van der Waals surface area contributed by atoms with Crippen LogP contribution in [0.25, 0.3) is 0 Å². The lowest BCUT2D eigenvalue weighted by Crippen LogP contribution is -2.67. The van der Waals surface area contributed by atoms with E-state index in [0.717, 1.165) is 19.3 Å². The predicted octanol–water partition coefficient (Wildman–Crippen LogP) is 3.92. The molecular weight excluding hydrogens is 328 g/mol. The van der Waals surface area contributed by atoms with E-state index in [0.29, 0.717) is 0 Å². The van der Waals surface area contributed by atoms with Crippen LogP contribution in [0, 0.1) is 0 Å². The Morgan fingerprint density at radius 2 is 1.18 bits per heavy atom. The number of rotatable bonds is 9. The van der Waals surface area contributed by atoms with E-state index >= 15 is 0 Å². The summed E-state index contributed by atoms with van der Waals surface area (Å²) in [7, 11) is -7.48. The van der Waals surface area contributed by atoms with Gasteiger partial charge in [0.1, 0.15) is 0 Å². The largest absolute Gasteiger partial charge is 0.429 e. The van der Waals surface area contributed by atoms with Gasteiger partial charge in [0.05, 0.1) is 10.4 Å². The fourth-order valence-electron chi connectivity index (χ4n) is 3.13. The molecule has 0 fully saturated rings. The molecule has 0 rings (SSSR count). The molecule has 134 valence electrons. The first-order valence-corrected chi connectivity index (χ1v) is 17.2. The molecule has 0 aliphatic heterocycles. The highest BCUT2D eigenvalue weighted by atomic mass is 28.4. The molecule has 0 bridgehead atoms. The first-order chi connectivity index (χ1) is 9.60. The summed E-state index contributed by atoms with van der Waals surface area (Å²) in [5.74, 6) is 0. The van der Waals surface area contributed by atoms with Crippen LogP contribution in [0.5, 0.6) is 0 Å². The summed E-state index contributed by atoms with van der Waals surface area (Å²) in [4.78, 5) is 21.0. The van der Waals surface area contributed by atoms with Crippen molar-refractivity contribution in [3.05, 3.63) is 0 Å². The molecule has 0 spiro atoms. The molecule has 0 heterocycles. The Morgan fingerprint density at radius 1 is 0.773 bits per heavy atom. The maximum absolute atomic E-state index is 10.7. The number of hydrogen-bond donors (Lipinski definition) is 2. The lowest BCUT2D eigenvalue weighted by Gasteiger charge is -2.52. The van der Waals surface area contributed by atoms with E-state index in [-0.39, 0.29) is 0 Å². The second kappa shape index (κ2) is 7.16. The van der Waals surface area contributed by atoms with Gasteiger partial charge in [0.15, 0.2) is 0 Å². The van der Waals surface area contributed by atoms with Gasteiger partial charge in [-0.1, -0.05) is 20.8 Å². The zero-order chi connectivity index (χ0) is 18.0. The maximum atomic E-state index is 10.7. The second-order valence-electron chi connectivity index (χ2n) is 8.01. The molecule has 2 N–H and O–H groups in total. The SMILES string of the molecule is CCC(CC)(O[Si](C)(C)O)[Si](C)(C)O[C@](C)(CC)[Si](C)(C)O. The zero-order valence-corrected chi connectivity index (χ0v) is 19.3. The van der Waals surface area contributed by atoms with Crippen molar-refractivity contribution in [3.8, 4) is 0 Å². The van der Waals surface area contributed by atoms with Gasteiger partial charge in [-0.25, -0.2) is 0 Å². The van der Waals surface area contributed by atoms with E-state index in [1.807, 2.05) is 20.0 Å². The molecule has 7 heteroatoms. The first kappa shape index (κ1) is 22.5. The Balaban J connectivity index is 5.73. The van der Waals surface area contributed by atoms with Crippen LogP contribution in [0.4, 0.5) is 0 Å². The molecule has 0 aromatic carbocycles. The molecule has 0 saturated heterocycles. The van der Waals surface area contributed by atoms with Gasteiger partial charge in [0, 0.05) is 0 Å². The molecular formula is C15H38O4Si3. The van der Waals surface area contributed by atoms with Gasteiger partial charge in [-0.05, 0) is 65.5 Å². The van der Waals surface area contributed by atoms with Gasteiger partial charge < -0.3 is 18.4 Å². The minimum atomic E-state index is -2.67. The van der Waals surface area contributed by atoms with Crippen LogP contribution in [0.3, 0.4) is 0 Å². The molecule has 4 nitrogen and oxygen atoms in total. The smallest absolute Gasteiger partial charge is 0.329 e. The molecule has 0 aliphatic rings. The van der Waals surface area contributed by atoms with Gasteiger partial charge >= 0.3 is 8.56 Å². The van der Waals surface area contributed by atoms with E-state index in [4.69, 9.17) is 8.85 Å². The molecule has 0 aliphatic carbocycles. The Labute approximate surface area is 140 Å². The van der Waals surface area contributed by atoms with Crippen LogP contribution in [0.2, 0.25) is 39.3 Å². The highest BCUT2D eigenvalue weighted by molar-refractivity contribution is 6.78. The van der Waals surface area contributed by atoms with Crippen molar-refractivity contribution in [1.29, 1.82) is 0 Å². The average Bonchev–Trinajstić information content (AvgIpc) is 2.32. The monoisotopic (exact) mass is 366 g/mol. The molecule has 22 heavy (non-hydrogen) atoms. The maximum Gasteiger partial charge on any atom is 0.329 e. The summed E-state index contributed by atoms with van der Waals surface area (Å²) in [6, 6.07) is 0. The van der Waals surface area contributed by atoms with Crippen molar-refractivity contribution in [2.24, 2.45) is 0 Å². The summed E-state index contributed by atoms with van der Waals surface area (Å²) in [6.07, 6.45) is 2.41. The van der Waals surface area contributed by atoms with Crippen molar-refractivity contribution in [2.75, 3.05) is 0 Å².